The van der Waals surface area contributed by atoms with Gasteiger partial charge in [-0.3, -0.25) is 9.69 Å². The lowest BCUT2D eigenvalue weighted by molar-refractivity contribution is -0.117. The van der Waals surface area contributed by atoms with Crippen LogP contribution in [-0.2, 0) is 4.79 Å². The molecule has 0 fully saturated rings. The minimum atomic E-state index is 0.0112. The molecule has 5 heteroatoms. The van der Waals surface area contributed by atoms with Crippen molar-refractivity contribution in [2.75, 3.05) is 18.9 Å². The lowest BCUT2D eigenvalue weighted by atomic mass is 10.2. The van der Waals surface area contributed by atoms with Gasteiger partial charge in [0.2, 0.25) is 5.91 Å². The van der Waals surface area contributed by atoms with E-state index in [2.05, 4.69) is 46.3 Å². The first-order chi connectivity index (χ1) is 9.56. The summed E-state index contributed by atoms with van der Waals surface area (Å²) in [6.45, 7) is 2.50. The van der Waals surface area contributed by atoms with Crippen molar-refractivity contribution in [3.05, 3.63) is 50.2 Å². The van der Waals surface area contributed by atoms with Gasteiger partial charge in [0.15, 0.2) is 0 Å². The standard InChI is InChI=1S/C15H17IN2OS/c1-11(14-4-3-9-20-14)18(2)10-15(19)17-13-7-5-12(16)6-8-13/h3-9,11H,10H2,1-2H3,(H,17,19). The van der Waals surface area contributed by atoms with Crippen molar-refractivity contribution in [2.45, 2.75) is 13.0 Å². The fourth-order valence-electron chi connectivity index (χ4n) is 1.84. The van der Waals surface area contributed by atoms with Crippen molar-refractivity contribution in [1.82, 2.24) is 4.90 Å². The third kappa shape index (κ3) is 4.29. The van der Waals surface area contributed by atoms with Crippen molar-refractivity contribution >= 4 is 45.5 Å². The van der Waals surface area contributed by atoms with Gasteiger partial charge in [-0.05, 0) is 72.3 Å². The number of hydrogen-bond donors (Lipinski definition) is 1. The van der Waals surface area contributed by atoms with Crippen LogP contribution in [-0.4, -0.2) is 24.4 Å². The maximum Gasteiger partial charge on any atom is 0.238 e. The lowest BCUT2D eigenvalue weighted by Gasteiger charge is -2.23. The highest BCUT2D eigenvalue weighted by atomic mass is 127. The highest BCUT2D eigenvalue weighted by Gasteiger charge is 2.15. The molecular formula is C15H17IN2OS. The first-order valence-corrected chi connectivity index (χ1v) is 8.31. The molecule has 0 saturated heterocycles. The van der Waals surface area contributed by atoms with Gasteiger partial charge in [0.25, 0.3) is 0 Å². The fourth-order valence-corrected chi connectivity index (χ4v) is 3.05. The number of rotatable bonds is 5. The molecule has 1 heterocycles. The number of carbonyl (C=O) groups excluding carboxylic acids is 1. The molecule has 20 heavy (non-hydrogen) atoms. The number of nitrogens with zero attached hydrogens (tertiary/aromatic N) is 1. The third-order valence-corrected chi connectivity index (χ3v) is 4.90. The van der Waals surface area contributed by atoms with Gasteiger partial charge in [-0.1, -0.05) is 6.07 Å². The van der Waals surface area contributed by atoms with Crippen LogP contribution >= 0.6 is 33.9 Å². The number of halogens is 1. The van der Waals surface area contributed by atoms with Crippen LogP contribution in [0.4, 0.5) is 5.69 Å². The van der Waals surface area contributed by atoms with Crippen molar-refractivity contribution < 1.29 is 4.79 Å². The molecule has 1 unspecified atom stereocenters. The molecule has 2 rings (SSSR count). The number of anilines is 1. The van der Waals surface area contributed by atoms with Crippen molar-refractivity contribution in [3.8, 4) is 0 Å². The van der Waals surface area contributed by atoms with E-state index in [0.29, 0.717) is 6.54 Å². The normalized spacial score (nSPS) is 12.4. The summed E-state index contributed by atoms with van der Waals surface area (Å²) in [6, 6.07) is 12.2. The average Bonchev–Trinajstić information content (AvgIpc) is 2.94. The number of likely N-dealkylation sites (N-methyl/N-ethyl adjacent to an activating group) is 1. The maximum atomic E-state index is 12.0. The Bertz CT molecular complexity index is 554. The zero-order valence-electron chi connectivity index (χ0n) is 11.5. The molecule has 1 N–H and O–H groups in total. The van der Waals surface area contributed by atoms with Crippen LogP contribution in [0, 0.1) is 3.57 Å². The highest BCUT2D eigenvalue weighted by Crippen LogP contribution is 2.23. The van der Waals surface area contributed by atoms with Gasteiger partial charge in [-0.15, -0.1) is 11.3 Å². The second-order valence-electron chi connectivity index (χ2n) is 4.66. The largest absolute Gasteiger partial charge is 0.325 e. The Balaban J connectivity index is 1.89. The third-order valence-electron chi connectivity index (χ3n) is 3.14. The van der Waals surface area contributed by atoms with Gasteiger partial charge in [0.1, 0.15) is 0 Å². The van der Waals surface area contributed by atoms with E-state index in [1.54, 1.807) is 11.3 Å². The van der Waals surface area contributed by atoms with Crippen LogP contribution in [0.25, 0.3) is 0 Å². The minimum absolute atomic E-state index is 0.0112. The van der Waals surface area contributed by atoms with Gasteiger partial charge >= 0.3 is 0 Å². The van der Waals surface area contributed by atoms with Crippen LogP contribution in [0.1, 0.15) is 17.8 Å². The van der Waals surface area contributed by atoms with E-state index in [-0.39, 0.29) is 11.9 Å². The Morgan fingerprint density at radius 2 is 2.05 bits per heavy atom. The molecule has 2 aromatic rings. The number of carbonyl (C=O) groups is 1. The van der Waals surface area contributed by atoms with E-state index in [0.717, 1.165) is 9.26 Å². The Hall–Kier alpha value is -0.920. The van der Waals surface area contributed by atoms with Gasteiger partial charge in [-0.25, -0.2) is 0 Å². The number of thiophene rings is 1. The number of amides is 1. The topological polar surface area (TPSA) is 32.3 Å². The second-order valence-corrected chi connectivity index (χ2v) is 6.89. The molecule has 1 amide bonds. The van der Waals surface area contributed by atoms with Crippen molar-refractivity contribution in [3.63, 3.8) is 0 Å². The van der Waals surface area contributed by atoms with Crippen LogP contribution < -0.4 is 5.32 Å². The van der Waals surface area contributed by atoms with Gasteiger partial charge in [0.05, 0.1) is 6.54 Å². The summed E-state index contributed by atoms with van der Waals surface area (Å²) >= 11 is 3.96. The van der Waals surface area contributed by atoms with Crippen LogP contribution in [0.2, 0.25) is 0 Å². The quantitative estimate of drug-likeness (QED) is 0.771. The van der Waals surface area contributed by atoms with Crippen LogP contribution in [0.15, 0.2) is 41.8 Å². The van der Waals surface area contributed by atoms with Crippen molar-refractivity contribution in [1.29, 1.82) is 0 Å². The number of hydrogen-bond acceptors (Lipinski definition) is 3. The Kier molecular flexibility index (Phi) is 5.56. The molecule has 0 aliphatic carbocycles. The molecule has 106 valence electrons. The zero-order valence-corrected chi connectivity index (χ0v) is 14.4. The zero-order chi connectivity index (χ0) is 14.5. The molecule has 0 bridgehead atoms. The molecule has 0 spiro atoms. The second kappa shape index (κ2) is 7.19. The summed E-state index contributed by atoms with van der Waals surface area (Å²) in [5.41, 5.74) is 0.840. The molecule has 0 aliphatic heterocycles. The first-order valence-electron chi connectivity index (χ1n) is 6.35. The average molecular weight is 400 g/mol. The Morgan fingerprint density at radius 1 is 1.35 bits per heavy atom. The predicted octanol–water partition coefficient (Wildman–Crippen LogP) is 3.98. The summed E-state index contributed by atoms with van der Waals surface area (Å²) < 4.78 is 1.16. The molecule has 0 radical (unpaired) electrons. The molecule has 0 saturated carbocycles. The van der Waals surface area contributed by atoms with E-state index >= 15 is 0 Å². The molecule has 1 atom stereocenters. The monoisotopic (exact) mass is 400 g/mol. The molecule has 1 aromatic carbocycles. The summed E-state index contributed by atoms with van der Waals surface area (Å²) in [4.78, 5) is 15.4. The van der Waals surface area contributed by atoms with Gasteiger partial charge in [0, 0.05) is 20.2 Å². The predicted molar refractivity (Wildman–Crippen MR) is 93.2 cm³/mol. The highest BCUT2D eigenvalue weighted by molar-refractivity contribution is 14.1. The number of benzene rings is 1. The van der Waals surface area contributed by atoms with E-state index < -0.39 is 0 Å². The van der Waals surface area contributed by atoms with E-state index in [1.165, 1.54) is 4.88 Å². The first kappa shape index (κ1) is 15.5. The van der Waals surface area contributed by atoms with E-state index in [9.17, 15) is 4.79 Å². The van der Waals surface area contributed by atoms with Crippen LogP contribution in [0.3, 0.4) is 0 Å². The fraction of sp³-hybridized carbons (Fsp3) is 0.267. The summed E-state index contributed by atoms with van der Waals surface area (Å²) in [6.07, 6.45) is 0. The van der Waals surface area contributed by atoms with Gasteiger partial charge in [-0.2, -0.15) is 0 Å². The summed E-state index contributed by atoms with van der Waals surface area (Å²) in [5.74, 6) is 0.0112. The van der Waals surface area contributed by atoms with E-state index in [4.69, 9.17) is 0 Å². The molecule has 0 aliphatic rings. The van der Waals surface area contributed by atoms with Gasteiger partial charge < -0.3 is 5.32 Å². The number of nitrogens with one attached hydrogen (secondary N) is 1. The lowest BCUT2D eigenvalue weighted by Crippen LogP contribution is -2.31. The molecular weight excluding hydrogens is 383 g/mol. The summed E-state index contributed by atoms with van der Waals surface area (Å²) in [5, 5.41) is 4.98. The minimum Gasteiger partial charge on any atom is -0.325 e. The maximum absolute atomic E-state index is 12.0. The summed E-state index contributed by atoms with van der Waals surface area (Å²) in [7, 11) is 1.97. The Morgan fingerprint density at radius 3 is 2.65 bits per heavy atom. The van der Waals surface area contributed by atoms with Crippen molar-refractivity contribution in [2.24, 2.45) is 0 Å². The smallest absolute Gasteiger partial charge is 0.238 e. The van der Waals surface area contributed by atoms with Crippen LogP contribution in [0.5, 0.6) is 0 Å². The SMILES string of the molecule is CC(c1cccs1)N(C)CC(=O)Nc1ccc(I)cc1. The van der Waals surface area contributed by atoms with E-state index in [1.807, 2.05) is 42.3 Å². The Labute approximate surface area is 137 Å². The molecule has 3 nitrogen and oxygen atoms in total. The molecule has 1 aromatic heterocycles.